The third kappa shape index (κ3) is 5.74. The summed E-state index contributed by atoms with van der Waals surface area (Å²) in [6.07, 6.45) is 2.27. The van der Waals surface area contributed by atoms with Gasteiger partial charge in [-0.15, -0.1) is 5.10 Å². The van der Waals surface area contributed by atoms with E-state index in [0.29, 0.717) is 25.7 Å². The number of tetrazole rings is 1. The van der Waals surface area contributed by atoms with Crippen molar-refractivity contribution in [2.24, 2.45) is 0 Å². The Kier molecular flexibility index (Phi) is 6.73. The summed E-state index contributed by atoms with van der Waals surface area (Å²) in [4.78, 5) is 0. The van der Waals surface area contributed by atoms with Crippen molar-refractivity contribution in [1.82, 2.24) is 25.5 Å². The molecule has 17 heavy (non-hydrogen) atoms. The first-order valence-electron chi connectivity index (χ1n) is 6.30. The Bertz CT molecular complexity index is 300. The van der Waals surface area contributed by atoms with Crippen molar-refractivity contribution in [2.45, 2.75) is 52.7 Å². The molecule has 0 atom stereocenters. The number of hydrogen-bond donors (Lipinski definition) is 1. The summed E-state index contributed by atoms with van der Waals surface area (Å²) >= 11 is 0. The van der Waals surface area contributed by atoms with E-state index >= 15 is 0 Å². The van der Waals surface area contributed by atoms with Crippen molar-refractivity contribution >= 4 is 0 Å². The molecule has 1 rings (SSSR count). The van der Waals surface area contributed by atoms with Crippen LogP contribution in [0.2, 0.25) is 0 Å². The highest BCUT2D eigenvalue weighted by atomic mass is 16.5. The quantitative estimate of drug-likeness (QED) is 0.653. The summed E-state index contributed by atoms with van der Waals surface area (Å²) in [6, 6.07) is 0.431. The summed E-state index contributed by atoms with van der Waals surface area (Å²) in [7, 11) is 0. The van der Waals surface area contributed by atoms with Crippen molar-refractivity contribution in [3.05, 3.63) is 5.82 Å². The molecule has 0 aliphatic heterocycles. The van der Waals surface area contributed by atoms with Crippen molar-refractivity contribution in [3.8, 4) is 0 Å². The van der Waals surface area contributed by atoms with E-state index in [1.54, 1.807) is 4.68 Å². The van der Waals surface area contributed by atoms with Gasteiger partial charge in [-0.25, -0.2) is 4.68 Å². The Hall–Kier alpha value is -1.01. The predicted molar refractivity (Wildman–Crippen MR) is 65.5 cm³/mol. The molecule has 0 amide bonds. The zero-order valence-corrected chi connectivity index (χ0v) is 11.0. The minimum Gasteiger partial charge on any atom is -0.380 e. The lowest BCUT2D eigenvalue weighted by atomic mass is 10.4. The maximum absolute atomic E-state index is 5.49. The van der Waals surface area contributed by atoms with Gasteiger partial charge in [0.05, 0.1) is 19.7 Å². The molecule has 1 heterocycles. The highest BCUT2D eigenvalue weighted by molar-refractivity contribution is 4.80. The average Bonchev–Trinajstić information content (AvgIpc) is 2.73. The highest BCUT2D eigenvalue weighted by Gasteiger charge is 2.05. The fraction of sp³-hybridized carbons (Fsp3) is 0.909. The minimum absolute atomic E-state index is 0.431. The Labute approximate surface area is 103 Å². The van der Waals surface area contributed by atoms with Gasteiger partial charge >= 0.3 is 0 Å². The highest BCUT2D eigenvalue weighted by Crippen LogP contribution is 1.94. The van der Waals surface area contributed by atoms with Gasteiger partial charge in [0.15, 0.2) is 5.82 Å². The maximum Gasteiger partial charge on any atom is 0.165 e. The van der Waals surface area contributed by atoms with Gasteiger partial charge < -0.3 is 10.1 Å². The van der Waals surface area contributed by atoms with Crippen LogP contribution in [0, 0.1) is 0 Å². The molecule has 6 nitrogen and oxygen atoms in total. The van der Waals surface area contributed by atoms with Crippen LogP contribution in [-0.4, -0.2) is 39.5 Å². The predicted octanol–water partition coefficient (Wildman–Crippen LogP) is 0.988. The van der Waals surface area contributed by atoms with Crippen molar-refractivity contribution in [2.75, 3.05) is 13.2 Å². The number of nitrogens with one attached hydrogen (secondary N) is 1. The second-order valence-corrected chi connectivity index (χ2v) is 4.32. The van der Waals surface area contributed by atoms with Crippen LogP contribution >= 0.6 is 0 Å². The Morgan fingerprint density at radius 3 is 2.88 bits per heavy atom. The maximum atomic E-state index is 5.49. The first-order valence-corrected chi connectivity index (χ1v) is 6.30. The normalized spacial score (nSPS) is 11.3. The van der Waals surface area contributed by atoms with E-state index in [0.717, 1.165) is 25.3 Å². The third-order valence-electron chi connectivity index (χ3n) is 2.36. The molecule has 0 aromatic carbocycles. The summed E-state index contributed by atoms with van der Waals surface area (Å²) in [5.41, 5.74) is 0. The van der Waals surface area contributed by atoms with E-state index in [9.17, 15) is 0 Å². The van der Waals surface area contributed by atoms with Crippen molar-refractivity contribution in [1.29, 1.82) is 0 Å². The van der Waals surface area contributed by atoms with Crippen LogP contribution in [-0.2, 0) is 17.8 Å². The monoisotopic (exact) mass is 241 g/mol. The molecule has 6 heteroatoms. The number of nitrogens with zero attached hydrogens (tertiary/aromatic N) is 4. The molecule has 0 aliphatic rings. The average molecular weight is 241 g/mol. The lowest BCUT2D eigenvalue weighted by Gasteiger charge is -2.08. The van der Waals surface area contributed by atoms with E-state index in [-0.39, 0.29) is 0 Å². The van der Waals surface area contributed by atoms with Gasteiger partial charge in [0.25, 0.3) is 0 Å². The number of hydrogen-bond acceptors (Lipinski definition) is 5. The number of ether oxygens (including phenoxy) is 1. The smallest absolute Gasteiger partial charge is 0.165 e. The van der Waals surface area contributed by atoms with Gasteiger partial charge in [-0.05, 0) is 16.8 Å². The molecule has 0 unspecified atom stereocenters. The van der Waals surface area contributed by atoms with Crippen LogP contribution in [0.15, 0.2) is 0 Å². The van der Waals surface area contributed by atoms with Gasteiger partial charge in [0.1, 0.15) is 0 Å². The minimum atomic E-state index is 0.431. The van der Waals surface area contributed by atoms with Gasteiger partial charge in [0, 0.05) is 12.6 Å². The molecular formula is C11H23N5O. The summed E-state index contributed by atoms with van der Waals surface area (Å²) in [6.45, 7) is 9.24. The van der Waals surface area contributed by atoms with E-state index in [2.05, 4.69) is 41.6 Å². The van der Waals surface area contributed by atoms with Gasteiger partial charge in [-0.3, -0.25) is 0 Å². The standard InChI is InChI=1S/C11H23N5O/c1-4-5-7-17-8-6-16-11(13-14-15-16)9-12-10(2)3/h10,12H,4-9H2,1-3H3. The first kappa shape index (κ1) is 14.1. The second kappa shape index (κ2) is 8.14. The van der Waals surface area contributed by atoms with Crippen LogP contribution in [0.5, 0.6) is 0 Å². The summed E-state index contributed by atoms with van der Waals surface area (Å²) in [5.74, 6) is 0.859. The Balaban J connectivity index is 2.25. The number of rotatable bonds is 9. The molecule has 1 aromatic heterocycles. The van der Waals surface area contributed by atoms with Gasteiger partial charge in [0.2, 0.25) is 0 Å². The third-order valence-corrected chi connectivity index (χ3v) is 2.36. The van der Waals surface area contributed by atoms with Crippen molar-refractivity contribution < 1.29 is 4.74 Å². The molecule has 0 radical (unpaired) electrons. The summed E-state index contributed by atoms with van der Waals surface area (Å²) < 4.78 is 7.28. The van der Waals surface area contributed by atoms with Gasteiger partial charge in [-0.2, -0.15) is 0 Å². The van der Waals surface area contributed by atoms with Crippen LogP contribution in [0.3, 0.4) is 0 Å². The molecule has 0 saturated heterocycles. The molecular weight excluding hydrogens is 218 g/mol. The van der Waals surface area contributed by atoms with Crippen LogP contribution in [0.25, 0.3) is 0 Å². The first-order chi connectivity index (χ1) is 8.24. The molecule has 0 fully saturated rings. The molecule has 1 aromatic rings. The molecule has 98 valence electrons. The van der Waals surface area contributed by atoms with E-state index in [1.165, 1.54) is 0 Å². The van der Waals surface area contributed by atoms with Gasteiger partial charge in [-0.1, -0.05) is 27.2 Å². The number of unbranched alkanes of at least 4 members (excludes halogenated alkanes) is 1. The van der Waals surface area contributed by atoms with E-state index < -0.39 is 0 Å². The fourth-order valence-corrected chi connectivity index (χ4v) is 1.32. The molecule has 1 N–H and O–H groups in total. The second-order valence-electron chi connectivity index (χ2n) is 4.32. The zero-order chi connectivity index (χ0) is 12.5. The van der Waals surface area contributed by atoms with Crippen LogP contribution in [0.1, 0.15) is 39.4 Å². The van der Waals surface area contributed by atoms with Crippen molar-refractivity contribution in [3.63, 3.8) is 0 Å². The molecule has 0 saturated carbocycles. The number of aromatic nitrogens is 4. The molecule has 0 spiro atoms. The SMILES string of the molecule is CCCCOCCn1nnnc1CNC(C)C. The fourth-order valence-electron chi connectivity index (χ4n) is 1.32. The lowest BCUT2D eigenvalue weighted by Crippen LogP contribution is -2.24. The van der Waals surface area contributed by atoms with Crippen LogP contribution in [0.4, 0.5) is 0 Å². The Morgan fingerprint density at radius 2 is 2.18 bits per heavy atom. The lowest BCUT2D eigenvalue weighted by molar-refractivity contribution is 0.120. The summed E-state index contributed by atoms with van der Waals surface area (Å²) in [5, 5.41) is 14.9. The van der Waals surface area contributed by atoms with E-state index in [1.807, 2.05) is 0 Å². The Morgan fingerprint density at radius 1 is 1.35 bits per heavy atom. The molecule has 0 aliphatic carbocycles. The van der Waals surface area contributed by atoms with E-state index in [4.69, 9.17) is 4.74 Å². The van der Waals surface area contributed by atoms with Crippen LogP contribution < -0.4 is 5.32 Å². The topological polar surface area (TPSA) is 64.9 Å². The largest absolute Gasteiger partial charge is 0.380 e. The zero-order valence-electron chi connectivity index (χ0n) is 11.0. The molecule has 0 bridgehead atoms.